The van der Waals surface area contributed by atoms with Crippen LogP contribution in [0.2, 0.25) is 0 Å². The topological polar surface area (TPSA) is 66.5 Å². The summed E-state index contributed by atoms with van der Waals surface area (Å²) in [5.74, 6) is -0.286. The fraction of sp³-hybridized carbons (Fsp3) is 0.562. The number of aryl methyl sites for hydroxylation is 1. The third-order valence-corrected chi connectivity index (χ3v) is 5.62. The third kappa shape index (κ3) is 4.08. The Balaban J connectivity index is 2.10. The predicted octanol–water partition coefficient (Wildman–Crippen LogP) is 2.45. The van der Waals surface area contributed by atoms with E-state index in [1.54, 1.807) is 0 Å². The number of sulfonamides is 1. The van der Waals surface area contributed by atoms with Gasteiger partial charge >= 0.3 is 0 Å². The summed E-state index contributed by atoms with van der Waals surface area (Å²) in [6, 6.07) is 5.65. The van der Waals surface area contributed by atoms with Crippen LogP contribution < -0.4 is 5.32 Å². The molecule has 0 saturated heterocycles. The molecule has 22 heavy (non-hydrogen) atoms. The summed E-state index contributed by atoms with van der Waals surface area (Å²) in [4.78, 5) is 12.3. The molecule has 1 aliphatic rings. The van der Waals surface area contributed by atoms with Gasteiger partial charge < -0.3 is 5.32 Å². The second-order valence-corrected chi connectivity index (χ2v) is 7.98. The number of nitrogens with zero attached hydrogens (tertiary/aromatic N) is 1. The highest BCUT2D eigenvalue weighted by Crippen LogP contribution is 2.25. The first-order valence-corrected chi connectivity index (χ1v) is 9.47. The van der Waals surface area contributed by atoms with Gasteiger partial charge in [-0.2, -0.15) is 4.31 Å². The van der Waals surface area contributed by atoms with Crippen molar-refractivity contribution in [3.05, 3.63) is 29.3 Å². The van der Waals surface area contributed by atoms with E-state index >= 15 is 0 Å². The van der Waals surface area contributed by atoms with Crippen molar-refractivity contribution in [3.63, 3.8) is 0 Å². The monoisotopic (exact) mass is 324 g/mol. The van der Waals surface area contributed by atoms with Gasteiger partial charge in [0.15, 0.2) is 0 Å². The molecule has 0 spiro atoms. The molecule has 0 radical (unpaired) electrons. The van der Waals surface area contributed by atoms with E-state index in [1.165, 1.54) is 10.6 Å². The SMILES string of the molecule is Cc1cccc(NC(=O)CN(C2CCCC2)S(C)(=O)=O)c1C. The Labute approximate surface area is 132 Å². The fourth-order valence-electron chi connectivity index (χ4n) is 2.93. The molecule has 1 fully saturated rings. The number of nitrogens with one attached hydrogen (secondary N) is 1. The summed E-state index contributed by atoms with van der Waals surface area (Å²) >= 11 is 0. The van der Waals surface area contributed by atoms with Crippen LogP contribution >= 0.6 is 0 Å². The number of rotatable bonds is 5. The normalized spacial score (nSPS) is 16.2. The van der Waals surface area contributed by atoms with Crippen LogP contribution in [0.3, 0.4) is 0 Å². The zero-order chi connectivity index (χ0) is 16.3. The zero-order valence-electron chi connectivity index (χ0n) is 13.4. The summed E-state index contributed by atoms with van der Waals surface area (Å²) < 4.78 is 25.3. The highest BCUT2D eigenvalue weighted by Gasteiger charge is 2.30. The lowest BCUT2D eigenvalue weighted by Gasteiger charge is -2.25. The average Bonchev–Trinajstić information content (AvgIpc) is 2.93. The van der Waals surface area contributed by atoms with Crippen LogP contribution in [0.1, 0.15) is 36.8 Å². The molecule has 1 aliphatic carbocycles. The van der Waals surface area contributed by atoms with Gasteiger partial charge in [-0.25, -0.2) is 8.42 Å². The molecule has 1 N–H and O–H groups in total. The lowest BCUT2D eigenvalue weighted by Crippen LogP contribution is -2.43. The summed E-state index contributed by atoms with van der Waals surface area (Å²) in [6.45, 7) is 3.81. The number of anilines is 1. The number of benzene rings is 1. The van der Waals surface area contributed by atoms with E-state index in [-0.39, 0.29) is 18.5 Å². The highest BCUT2D eigenvalue weighted by molar-refractivity contribution is 7.88. The Bertz CT molecular complexity index is 649. The zero-order valence-corrected chi connectivity index (χ0v) is 14.2. The fourth-order valence-corrected chi connectivity index (χ4v) is 4.03. The van der Waals surface area contributed by atoms with Crippen LogP contribution in [0.15, 0.2) is 18.2 Å². The molecule has 5 nitrogen and oxygen atoms in total. The highest BCUT2D eigenvalue weighted by atomic mass is 32.2. The minimum absolute atomic E-state index is 0.0423. The summed E-state index contributed by atoms with van der Waals surface area (Å²) in [5.41, 5.74) is 2.83. The Morgan fingerprint density at radius 1 is 1.27 bits per heavy atom. The van der Waals surface area contributed by atoms with E-state index in [1.807, 2.05) is 32.0 Å². The third-order valence-electron chi connectivity index (χ3n) is 4.34. The average molecular weight is 324 g/mol. The maximum atomic E-state index is 12.3. The lowest BCUT2D eigenvalue weighted by molar-refractivity contribution is -0.116. The van der Waals surface area contributed by atoms with E-state index in [4.69, 9.17) is 0 Å². The molecule has 122 valence electrons. The van der Waals surface area contributed by atoms with Crippen molar-refractivity contribution in [2.24, 2.45) is 0 Å². The standard InChI is InChI=1S/C16H24N2O3S/c1-12-7-6-10-15(13(12)2)17-16(19)11-18(22(3,20)21)14-8-4-5-9-14/h6-7,10,14H,4-5,8-9,11H2,1-3H3,(H,17,19). The molecular weight excluding hydrogens is 300 g/mol. The van der Waals surface area contributed by atoms with Gasteiger partial charge in [-0.15, -0.1) is 0 Å². The van der Waals surface area contributed by atoms with Crippen molar-refractivity contribution in [1.29, 1.82) is 0 Å². The van der Waals surface area contributed by atoms with Gasteiger partial charge in [0.2, 0.25) is 15.9 Å². The smallest absolute Gasteiger partial charge is 0.239 e. The van der Waals surface area contributed by atoms with Crippen molar-refractivity contribution in [1.82, 2.24) is 4.31 Å². The van der Waals surface area contributed by atoms with Crippen LogP contribution in [-0.2, 0) is 14.8 Å². The van der Waals surface area contributed by atoms with Gasteiger partial charge in [0.05, 0.1) is 12.8 Å². The van der Waals surface area contributed by atoms with E-state index in [0.29, 0.717) is 0 Å². The molecule has 0 aromatic heterocycles. The molecule has 0 aliphatic heterocycles. The molecule has 1 amide bonds. The Hall–Kier alpha value is -1.40. The number of carbonyl (C=O) groups excluding carboxylic acids is 1. The lowest BCUT2D eigenvalue weighted by atomic mass is 10.1. The van der Waals surface area contributed by atoms with Crippen molar-refractivity contribution in [2.45, 2.75) is 45.6 Å². The number of amides is 1. The minimum Gasteiger partial charge on any atom is -0.325 e. The van der Waals surface area contributed by atoms with E-state index < -0.39 is 10.0 Å². The molecule has 1 aromatic rings. The minimum atomic E-state index is -3.38. The van der Waals surface area contributed by atoms with E-state index in [9.17, 15) is 13.2 Å². The second kappa shape index (κ2) is 6.79. The second-order valence-electron chi connectivity index (χ2n) is 6.04. The molecule has 0 bridgehead atoms. The number of hydrogen-bond donors (Lipinski definition) is 1. The summed E-state index contributed by atoms with van der Waals surface area (Å²) in [5, 5.41) is 2.83. The summed E-state index contributed by atoms with van der Waals surface area (Å²) in [7, 11) is -3.38. The number of carbonyl (C=O) groups is 1. The van der Waals surface area contributed by atoms with Gasteiger partial charge in [-0.1, -0.05) is 25.0 Å². The quantitative estimate of drug-likeness (QED) is 0.904. The van der Waals surface area contributed by atoms with Crippen molar-refractivity contribution in [3.8, 4) is 0 Å². The van der Waals surface area contributed by atoms with Gasteiger partial charge in [0, 0.05) is 11.7 Å². The molecular formula is C16H24N2O3S. The molecule has 1 aromatic carbocycles. The van der Waals surface area contributed by atoms with Gasteiger partial charge in [-0.05, 0) is 43.9 Å². The van der Waals surface area contributed by atoms with Crippen LogP contribution in [0.25, 0.3) is 0 Å². The molecule has 0 heterocycles. The molecule has 1 saturated carbocycles. The van der Waals surface area contributed by atoms with E-state index in [2.05, 4.69) is 5.32 Å². The van der Waals surface area contributed by atoms with E-state index in [0.717, 1.165) is 42.5 Å². The van der Waals surface area contributed by atoms with Crippen LogP contribution in [0.4, 0.5) is 5.69 Å². The van der Waals surface area contributed by atoms with Crippen molar-refractivity contribution < 1.29 is 13.2 Å². The predicted molar refractivity (Wildman–Crippen MR) is 88.4 cm³/mol. The van der Waals surface area contributed by atoms with Crippen LogP contribution in [0, 0.1) is 13.8 Å². The van der Waals surface area contributed by atoms with Gasteiger partial charge in [0.1, 0.15) is 0 Å². The Morgan fingerprint density at radius 3 is 2.50 bits per heavy atom. The maximum Gasteiger partial charge on any atom is 0.239 e. The number of hydrogen-bond acceptors (Lipinski definition) is 3. The molecule has 6 heteroatoms. The largest absolute Gasteiger partial charge is 0.325 e. The van der Waals surface area contributed by atoms with Crippen LogP contribution in [0.5, 0.6) is 0 Å². The summed E-state index contributed by atoms with van der Waals surface area (Å²) in [6.07, 6.45) is 4.90. The van der Waals surface area contributed by atoms with Gasteiger partial charge in [0.25, 0.3) is 0 Å². The van der Waals surface area contributed by atoms with Gasteiger partial charge in [-0.3, -0.25) is 4.79 Å². The maximum absolute atomic E-state index is 12.3. The molecule has 0 unspecified atom stereocenters. The molecule has 2 rings (SSSR count). The first-order chi connectivity index (χ1) is 10.3. The first-order valence-electron chi connectivity index (χ1n) is 7.62. The van der Waals surface area contributed by atoms with Crippen LogP contribution in [-0.4, -0.2) is 37.5 Å². The Kier molecular flexibility index (Phi) is 5.24. The molecule has 0 atom stereocenters. The Morgan fingerprint density at radius 2 is 1.91 bits per heavy atom. The van der Waals surface area contributed by atoms with Crippen molar-refractivity contribution >= 4 is 21.6 Å². The first kappa shape index (κ1) is 17.0. The van der Waals surface area contributed by atoms with Crippen molar-refractivity contribution in [2.75, 3.05) is 18.1 Å².